The minimum Gasteiger partial charge on any atom is -0.304 e. The standard InChI is InChI=1S/C4H7NO.C2H4O/c1-3-5-4(2)6;1-2-3/h3H,1-2H3;2H,1H3. The Labute approximate surface area is 54.8 Å². The van der Waals surface area contributed by atoms with Crippen LogP contribution in [0.2, 0.25) is 0 Å². The molecule has 3 nitrogen and oxygen atoms in total. The van der Waals surface area contributed by atoms with Crippen LogP contribution in [0.3, 0.4) is 0 Å². The van der Waals surface area contributed by atoms with Gasteiger partial charge in [0.1, 0.15) is 6.29 Å². The summed E-state index contributed by atoms with van der Waals surface area (Å²) in [6.07, 6.45) is 2.22. The van der Waals surface area contributed by atoms with Crippen LogP contribution >= 0.6 is 0 Å². The summed E-state index contributed by atoms with van der Waals surface area (Å²) >= 11 is 0. The van der Waals surface area contributed by atoms with E-state index in [4.69, 9.17) is 4.79 Å². The summed E-state index contributed by atoms with van der Waals surface area (Å²) in [4.78, 5) is 22.0. The largest absolute Gasteiger partial charge is 0.304 e. The SMILES string of the molecule is CC=NC(C)=O.CC=O. The van der Waals surface area contributed by atoms with Gasteiger partial charge in [-0.3, -0.25) is 4.79 Å². The maximum Gasteiger partial charge on any atom is 0.242 e. The Morgan fingerprint density at radius 3 is 1.78 bits per heavy atom. The highest BCUT2D eigenvalue weighted by atomic mass is 16.1. The third kappa shape index (κ3) is 43.6. The molecule has 0 spiro atoms. The molecule has 0 saturated heterocycles. The Bertz CT molecular complexity index is 108. The van der Waals surface area contributed by atoms with Crippen molar-refractivity contribution in [2.24, 2.45) is 4.99 Å². The molecule has 0 aliphatic rings. The average Bonchev–Trinajstić information content (AvgIpc) is 1.67. The number of nitrogens with zero attached hydrogens (tertiary/aromatic N) is 1. The van der Waals surface area contributed by atoms with E-state index in [0.717, 1.165) is 6.29 Å². The summed E-state index contributed by atoms with van der Waals surface area (Å²) in [7, 11) is 0. The summed E-state index contributed by atoms with van der Waals surface area (Å²) in [5.41, 5.74) is 0. The Morgan fingerprint density at radius 2 is 1.78 bits per heavy atom. The van der Waals surface area contributed by atoms with Crippen LogP contribution in [0.5, 0.6) is 0 Å². The Kier molecular flexibility index (Phi) is 12.2. The number of aliphatic imine (C=N–C) groups is 1. The van der Waals surface area contributed by atoms with E-state index in [-0.39, 0.29) is 5.91 Å². The summed E-state index contributed by atoms with van der Waals surface area (Å²) < 4.78 is 0. The summed E-state index contributed by atoms with van der Waals surface area (Å²) in [6, 6.07) is 0. The number of amides is 1. The summed E-state index contributed by atoms with van der Waals surface area (Å²) in [5, 5.41) is 0. The summed E-state index contributed by atoms with van der Waals surface area (Å²) in [5.74, 6) is -0.141. The molecule has 1 amide bonds. The Balaban J connectivity index is 0. The second-order valence-electron chi connectivity index (χ2n) is 1.14. The van der Waals surface area contributed by atoms with Gasteiger partial charge in [0.25, 0.3) is 0 Å². The van der Waals surface area contributed by atoms with Crippen molar-refractivity contribution in [3.05, 3.63) is 0 Å². The molecular formula is C6H11NO2. The van der Waals surface area contributed by atoms with Gasteiger partial charge >= 0.3 is 0 Å². The minimum atomic E-state index is -0.141. The molecule has 0 rings (SSSR count). The molecule has 0 saturated carbocycles. The van der Waals surface area contributed by atoms with E-state index in [1.54, 1.807) is 6.92 Å². The molecule has 0 unspecified atom stereocenters. The van der Waals surface area contributed by atoms with E-state index in [2.05, 4.69) is 4.99 Å². The van der Waals surface area contributed by atoms with Crippen LogP contribution < -0.4 is 0 Å². The first-order valence-electron chi connectivity index (χ1n) is 2.58. The van der Waals surface area contributed by atoms with Gasteiger partial charge in [0.15, 0.2) is 0 Å². The van der Waals surface area contributed by atoms with E-state index in [0.29, 0.717) is 0 Å². The molecule has 0 radical (unpaired) electrons. The highest BCUT2D eigenvalue weighted by molar-refractivity contribution is 5.81. The maximum absolute atomic E-state index is 9.85. The number of rotatable bonds is 0. The number of hydrogen-bond donors (Lipinski definition) is 0. The Hall–Kier alpha value is -0.990. The van der Waals surface area contributed by atoms with Crippen molar-refractivity contribution in [3.63, 3.8) is 0 Å². The first-order valence-corrected chi connectivity index (χ1v) is 2.58. The normalized spacial score (nSPS) is 7.89. The van der Waals surface area contributed by atoms with E-state index in [1.807, 2.05) is 0 Å². The lowest BCUT2D eigenvalue weighted by Gasteiger charge is -1.69. The van der Waals surface area contributed by atoms with Gasteiger partial charge in [0.2, 0.25) is 5.91 Å². The molecule has 0 aromatic rings. The number of carbonyl (C=O) groups excluding carboxylic acids is 2. The zero-order valence-electron chi connectivity index (χ0n) is 5.92. The van der Waals surface area contributed by atoms with Gasteiger partial charge < -0.3 is 4.79 Å². The minimum absolute atomic E-state index is 0.141. The van der Waals surface area contributed by atoms with Crippen LogP contribution in [0.4, 0.5) is 0 Å². The van der Waals surface area contributed by atoms with E-state index in [1.165, 1.54) is 20.1 Å². The van der Waals surface area contributed by atoms with Gasteiger partial charge in [0.05, 0.1) is 0 Å². The van der Waals surface area contributed by atoms with Gasteiger partial charge in [-0.2, -0.15) is 0 Å². The molecule has 3 heteroatoms. The molecular weight excluding hydrogens is 118 g/mol. The number of carbonyl (C=O) groups is 2. The van der Waals surface area contributed by atoms with Crippen molar-refractivity contribution in [2.45, 2.75) is 20.8 Å². The molecule has 0 aromatic heterocycles. The van der Waals surface area contributed by atoms with E-state index >= 15 is 0 Å². The van der Waals surface area contributed by atoms with Gasteiger partial charge in [-0.1, -0.05) is 0 Å². The lowest BCUT2D eigenvalue weighted by molar-refractivity contribution is -0.115. The predicted octanol–water partition coefficient (Wildman–Crippen LogP) is 0.829. The molecule has 9 heavy (non-hydrogen) atoms. The fraction of sp³-hybridized carbons (Fsp3) is 0.500. The van der Waals surface area contributed by atoms with Crippen LogP contribution in [0.1, 0.15) is 20.8 Å². The third-order valence-corrected chi connectivity index (χ3v) is 0.311. The zero-order chi connectivity index (χ0) is 7.70. The van der Waals surface area contributed by atoms with Crippen LogP contribution in [0, 0.1) is 0 Å². The number of hydrogen-bond acceptors (Lipinski definition) is 2. The van der Waals surface area contributed by atoms with Crippen molar-refractivity contribution in [2.75, 3.05) is 0 Å². The fourth-order valence-electron chi connectivity index (χ4n) is 0.182. The van der Waals surface area contributed by atoms with E-state index in [9.17, 15) is 4.79 Å². The van der Waals surface area contributed by atoms with Crippen molar-refractivity contribution >= 4 is 18.4 Å². The van der Waals surface area contributed by atoms with Gasteiger partial charge in [-0.05, 0) is 13.8 Å². The first-order chi connectivity index (χ1) is 4.18. The second kappa shape index (κ2) is 10.1. The van der Waals surface area contributed by atoms with E-state index < -0.39 is 0 Å². The quantitative estimate of drug-likeness (QED) is 0.359. The molecule has 0 aliphatic heterocycles. The first kappa shape index (κ1) is 10.9. The van der Waals surface area contributed by atoms with Crippen LogP contribution in [-0.2, 0) is 9.59 Å². The smallest absolute Gasteiger partial charge is 0.242 e. The van der Waals surface area contributed by atoms with Gasteiger partial charge in [0, 0.05) is 13.1 Å². The second-order valence-corrected chi connectivity index (χ2v) is 1.14. The molecule has 0 bridgehead atoms. The van der Waals surface area contributed by atoms with Gasteiger partial charge in [-0.15, -0.1) is 0 Å². The molecule has 0 aliphatic carbocycles. The lowest BCUT2D eigenvalue weighted by Crippen LogP contribution is -1.78. The summed E-state index contributed by atoms with van der Waals surface area (Å²) in [6.45, 7) is 4.57. The topological polar surface area (TPSA) is 46.5 Å². The Morgan fingerprint density at radius 1 is 1.44 bits per heavy atom. The van der Waals surface area contributed by atoms with Crippen LogP contribution in [-0.4, -0.2) is 18.4 Å². The maximum atomic E-state index is 9.85. The third-order valence-electron chi connectivity index (χ3n) is 0.311. The van der Waals surface area contributed by atoms with Crippen molar-refractivity contribution < 1.29 is 9.59 Å². The van der Waals surface area contributed by atoms with Crippen molar-refractivity contribution in [1.29, 1.82) is 0 Å². The molecule has 0 N–H and O–H groups in total. The monoisotopic (exact) mass is 129 g/mol. The lowest BCUT2D eigenvalue weighted by atomic mass is 10.7. The highest BCUT2D eigenvalue weighted by Gasteiger charge is 1.73. The van der Waals surface area contributed by atoms with Crippen molar-refractivity contribution in [3.8, 4) is 0 Å². The fourth-order valence-corrected chi connectivity index (χ4v) is 0.182. The molecule has 52 valence electrons. The molecule has 0 heterocycles. The predicted molar refractivity (Wildman–Crippen MR) is 36.6 cm³/mol. The highest BCUT2D eigenvalue weighted by Crippen LogP contribution is 1.63. The van der Waals surface area contributed by atoms with Crippen LogP contribution in [0.15, 0.2) is 4.99 Å². The van der Waals surface area contributed by atoms with Crippen molar-refractivity contribution in [1.82, 2.24) is 0 Å². The van der Waals surface area contributed by atoms with Gasteiger partial charge in [-0.25, -0.2) is 4.99 Å². The number of aldehydes is 1. The molecule has 0 aromatic carbocycles. The molecule has 0 atom stereocenters. The zero-order valence-corrected chi connectivity index (χ0v) is 5.92. The van der Waals surface area contributed by atoms with Crippen LogP contribution in [0.25, 0.3) is 0 Å². The average molecular weight is 129 g/mol. The molecule has 0 fully saturated rings.